The quantitative estimate of drug-likeness (QED) is 0.173. The second-order valence-electron chi connectivity index (χ2n) is 7.25. The molecule has 144 valence electrons. The Balaban J connectivity index is 1.85. The molecule has 0 aliphatic carbocycles. The van der Waals surface area contributed by atoms with Crippen LogP contribution in [0.3, 0.4) is 0 Å². The average Bonchev–Trinajstić information content (AvgIpc) is 2.58. The van der Waals surface area contributed by atoms with E-state index in [4.69, 9.17) is 15.1 Å². The largest absolute Gasteiger partial charge is 0.451 e. The Morgan fingerprint density at radius 2 is 1.93 bits per heavy atom. The molecule has 0 bridgehead atoms. The van der Waals surface area contributed by atoms with E-state index in [1.165, 1.54) is 5.06 Å². The topological polar surface area (TPSA) is 109 Å². The number of esters is 1. The van der Waals surface area contributed by atoms with Gasteiger partial charge in [0.15, 0.2) is 0 Å². The minimum Gasteiger partial charge on any atom is -0.451 e. The molecule has 1 atom stereocenters. The van der Waals surface area contributed by atoms with Gasteiger partial charge in [-0.25, -0.2) is 9.86 Å². The molecular weight excluding hydrogens is 350 g/mol. The Morgan fingerprint density at radius 3 is 2.48 bits per heavy atom. The minimum absolute atomic E-state index is 0.0677. The second kappa shape index (κ2) is 8.70. The molecule has 27 heavy (non-hydrogen) atoms. The SMILES string of the molecule is CC(C)(C)OC(=O)C(=[N+]=[N-])C(=O)CCC1CC(=O)N1OCc1ccccc1. The summed E-state index contributed by atoms with van der Waals surface area (Å²) in [6, 6.07) is 9.14. The molecule has 0 spiro atoms. The van der Waals surface area contributed by atoms with Crippen LogP contribution in [0.4, 0.5) is 0 Å². The lowest BCUT2D eigenvalue weighted by Gasteiger charge is -2.38. The van der Waals surface area contributed by atoms with Crippen LogP contribution in [0.5, 0.6) is 0 Å². The van der Waals surface area contributed by atoms with Gasteiger partial charge in [-0.15, -0.1) is 0 Å². The maximum Gasteiger partial charge on any atom is 0.441 e. The Morgan fingerprint density at radius 1 is 1.26 bits per heavy atom. The molecule has 0 aromatic heterocycles. The molecule has 1 heterocycles. The molecule has 1 unspecified atom stereocenters. The van der Waals surface area contributed by atoms with Crippen molar-refractivity contribution < 1.29 is 28.7 Å². The fraction of sp³-hybridized carbons (Fsp3) is 0.474. The van der Waals surface area contributed by atoms with Gasteiger partial charge in [0.2, 0.25) is 5.91 Å². The normalized spacial score (nSPS) is 16.3. The molecule has 1 aliphatic rings. The first-order valence-corrected chi connectivity index (χ1v) is 8.69. The summed E-state index contributed by atoms with van der Waals surface area (Å²) >= 11 is 0. The number of ether oxygens (including phenoxy) is 1. The first-order valence-electron chi connectivity index (χ1n) is 8.69. The van der Waals surface area contributed by atoms with Crippen molar-refractivity contribution in [2.75, 3.05) is 0 Å². The van der Waals surface area contributed by atoms with Gasteiger partial charge < -0.3 is 10.3 Å². The second-order valence-corrected chi connectivity index (χ2v) is 7.25. The van der Waals surface area contributed by atoms with Crippen molar-refractivity contribution in [3.8, 4) is 0 Å². The summed E-state index contributed by atoms with van der Waals surface area (Å²) in [6.45, 7) is 5.18. The molecule has 1 aliphatic heterocycles. The van der Waals surface area contributed by atoms with Crippen LogP contribution in [0.1, 0.15) is 45.6 Å². The number of hydroxylamine groups is 2. The van der Waals surface area contributed by atoms with E-state index in [2.05, 4.69) is 4.79 Å². The third kappa shape index (κ3) is 5.84. The number of β-lactam (4-membered cyclic amide) rings is 1. The van der Waals surface area contributed by atoms with E-state index in [0.717, 1.165) is 5.56 Å². The number of amides is 1. The minimum atomic E-state index is -0.975. The van der Waals surface area contributed by atoms with Gasteiger partial charge in [0.25, 0.3) is 5.78 Å². The van der Waals surface area contributed by atoms with Crippen LogP contribution in [0, 0.1) is 0 Å². The summed E-state index contributed by atoms with van der Waals surface area (Å²) in [6.07, 6.45) is 0.489. The first-order chi connectivity index (χ1) is 12.7. The maximum absolute atomic E-state index is 12.2. The summed E-state index contributed by atoms with van der Waals surface area (Å²) in [7, 11) is 0. The zero-order valence-corrected chi connectivity index (χ0v) is 15.7. The molecule has 1 aromatic carbocycles. The van der Waals surface area contributed by atoms with Crippen molar-refractivity contribution in [2.45, 2.75) is 58.3 Å². The predicted octanol–water partition coefficient (Wildman–Crippen LogP) is 2.08. The van der Waals surface area contributed by atoms with Gasteiger partial charge in [0.1, 0.15) is 12.2 Å². The van der Waals surface area contributed by atoms with Crippen LogP contribution in [0.15, 0.2) is 30.3 Å². The summed E-state index contributed by atoms with van der Waals surface area (Å²) in [5.74, 6) is -1.78. The van der Waals surface area contributed by atoms with Crippen molar-refractivity contribution >= 4 is 23.4 Å². The highest BCUT2D eigenvalue weighted by Gasteiger charge is 2.40. The number of rotatable bonds is 8. The van der Waals surface area contributed by atoms with Gasteiger partial charge in [-0.2, -0.15) is 4.79 Å². The van der Waals surface area contributed by atoms with E-state index >= 15 is 0 Å². The third-order valence-corrected chi connectivity index (χ3v) is 3.86. The maximum atomic E-state index is 12.2. The van der Waals surface area contributed by atoms with E-state index in [0.29, 0.717) is 6.42 Å². The number of nitrogens with zero attached hydrogens (tertiary/aromatic N) is 3. The zero-order valence-electron chi connectivity index (χ0n) is 15.7. The van der Waals surface area contributed by atoms with E-state index in [9.17, 15) is 14.4 Å². The highest BCUT2D eigenvalue weighted by Crippen LogP contribution is 2.25. The van der Waals surface area contributed by atoms with Gasteiger partial charge in [-0.3, -0.25) is 14.4 Å². The predicted molar refractivity (Wildman–Crippen MR) is 95.2 cm³/mol. The van der Waals surface area contributed by atoms with Gasteiger partial charge in [-0.1, -0.05) is 30.3 Å². The lowest BCUT2D eigenvalue weighted by atomic mass is 9.97. The first kappa shape index (κ1) is 20.5. The van der Waals surface area contributed by atoms with Crippen LogP contribution in [-0.2, 0) is 30.6 Å². The molecular formula is C19H23N3O5. The summed E-state index contributed by atoms with van der Waals surface area (Å²) in [4.78, 5) is 44.1. The number of hydrogen-bond donors (Lipinski definition) is 0. The molecule has 1 amide bonds. The van der Waals surface area contributed by atoms with Crippen molar-refractivity contribution in [3.05, 3.63) is 41.4 Å². The molecule has 0 saturated carbocycles. The Bertz CT molecular complexity index is 763. The zero-order chi connectivity index (χ0) is 20.0. The monoisotopic (exact) mass is 373 g/mol. The molecule has 1 aromatic rings. The van der Waals surface area contributed by atoms with E-state index in [1.54, 1.807) is 20.8 Å². The number of benzene rings is 1. The Labute approximate surface area is 157 Å². The molecule has 2 rings (SSSR count). The molecule has 8 nitrogen and oxygen atoms in total. The fourth-order valence-electron chi connectivity index (χ4n) is 2.53. The lowest BCUT2D eigenvalue weighted by Crippen LogP contribution is -2.52. The van der Waals surface area contributed by atoms with Crippen LogP contribution in [0.2, 0.25) is 0 Å². The summed E-state index contributed by atoms with van der Waals surface area (Å²) in [5, 5.41) is 1.25. The van der Waals surface area contributed by atoms with Gasteiger partial charge in [0, 0.05) is 6.42 Å². The number of Topliss-reactive ketones (excluding diaryl/α,β-unsaturated/α-hetero) is 1. The van der Waals surface area contributed by atoms with Gasteiger partial charge >= 0.3 is 11.7 Å². The molecule has 1 fully saturated rings. The number of carbonyl (C=O) groups is 3. The van der Waals surface area contributed by atoms with Crippen LogP contribution in [0.25, 0.3) is 5.53 Å². The summed E-state index contributed by atoms with van der Waals surface area (Å²) < 4.78 is 5.04. The van der Waals surface area contributed by atoms with Gasteiger partial charge in [0.05, 0.1) is 12.5 Å². The Hall–Kier alpha value is -2.83. The average molecular weight is 373 g/mol. The third-order valence-electron chi connectivity index (χ3n) is 3.86. The van der Waals surface area contributed by atoms with E-state index in [-0.39, 0.29) is 31.4 Å². The van der Waals surface area contributed by atoms with Gasteiger partial charge in [-0.05, 0) is 32.8 Å². The molecule has 0 N–H and O–H groups in total. The lowest BCUT2D eigenvalue weighted by molar-refractivity contribution is -0.234. The summed E-state index contributed by atoms with van der Waals surface area (Å²) in [5.41, 5.74) is 8.45. The number of carbonyl (C=O) groups excluding carboxylic acids is 3. The molecule has 1 saturated heterocycles. The highest BCUT2D eigenvalue weighted by molar-refractivity contribution is 6.62. The molecule has 0 radical (unpaired) electrons. The number of hydrogen-bond acceptors (Lipinski definition) is 5. The van der Waals surface area contributed by atoms with Crippen LogP contribution in [-0.4, -0.2) is 44.9 Å². The Kier molecular flexibility index (Phi) is 6.60. The highest BCUT2D eigenvalue weighted by atomic mass is 16.7. The van der Waals surface area contributed by atoms with E-state index in [1.807, 2.05) is 30.3 Å². The fourth-order valence-corrected chi connectivity index (χ4v) is 2.53. The number of ketones is 1. The van der Waals surface area contributed by atoms with Crippen molar-refractivity contribution in [2.24, 2.45) is 0 Å². The standard InChI is InChI=1S/C19H23N3O5/c1-19(2,3)27-18(25)17(21-20)15(23)10-9-14-11-16(24)22(14)26-12-13-7-5-4-6-8-13/h4-8,14H,9-12H2,1-3H3. The van der Waals surface area contributed by atoms with E-state index < -0.39 is 23.1 Å². The van der Waals surface area contributed by atoms with Crippen molar-refractivity contribution in [1.29, 1.82) is 0 Å². The smallest absolute Gasteiger partial charge is 0.441 e. The van der Waals surface area contributed by atoms with Crippen molar-refractivity contribution in [3.63, 3.8) is 0 Å². The van der Waals surface area contributed by atoms with Crippen LogP contribution >= 0.6 is 0 Å². The molecule has 8 heteroatoms. The van der Waals surface area contributed by atoms with Crippen LogP contribution < -0.4 is 0 Å². The van der Waals surface area contributed by atoms with Crippen molar-refractivity contribution in [1.82, 2.24) is 5.06 Å².